The highest BCUT2D eigenvalue weighted by Crippen LogP contribution is 2.17. The minimum Gasteiger partial charge on any atom is -0.382 e. The molecule has 1 N–H and O–H groups in total. The summed E-state index contributed by atoms with van der Waals surface area (Å²) < 4.78 is 15.9. The normalized spacial score (nSPS) is 11.4. The third kappa shape index (κ3) is 8.66. The molecule has 0 aliphatic rings. The lowest BCUT2D eigenvalue weighted by atomic mass is 10.3. The SMILES string of the molecule is COCCOCCCOCc1ccc(CNC(C)C)s1. The molecule has 0 aliphatic carbocycles. The molecule has 0 bridgehead atoms. The van der Waals surface area contributed by atoms with Gasteiger partial charge in [-0.25, -0.2) is 0 Å². The molecule has 0 aromatic carbocycles. The van der Waals surface area contributed by atoms with Gasteiger partial charge in [-0.3, -0.25) is 0 Å². The third-order valence-corrected chi connectivity index (χ3v) is 3.71. The van der Waals surface area contributed by atoms with Crippen LogP contribution in [0.5, 0.6) is 0 Å². The van der Waals surface area contributed by atoms with Gasteiger partial charge in [0.1, 0.15) is 0 Å². The molecule has 0 fully saturated rings. The highest BCUT2D eigenvalue weighted by molar-refractivity contribution is 7.11. The molecule has 4 nitrogen and oxygen atoms in total. The summed E-state index contributed by atoms with van der Waals surface area (Å²) in [6.45, 7) is 8.75. The molecule has 0 atom stereocenters. The summed E-state index contributed by atoms with van der Waals surface area (Å²) in [5, 5.41) is 3.42. The van der Waals surface area contributed by atoms with Crippen LogP contribution in [0.2, 0.25) is 0 Å². The van der Waals surface area contributed by atoms with E-state index in [9.17, 15) is 0 Å². The maximum atomic E-state index is 5.64. The molecule has 0 spiro atoms. The van der Waals surface area contributed by atoms with Gasteiger partial charge in [0.25, 0.3) is 0 Å². The van der Waals surface area contributed by atoms with E-state index >= 15 is 0 Å². The molecule has 1 rings (SSSR count). The van der Waals surface area contributed by atoms with E-state index in [0.29, 0.717) is 25.9 Å². The van der Waals surface area contributed by atoms with Crippen LogP contribution < -0.4 is 5.32 Å². The zero-order valence-electron chi connectivity index (χ0n) is 12.8. The molecule has 0 saturated carbocycles. The highest BCUT2D eigenvalue weighted by atomic mass is 32.1. The second kappa shape index (κ2) is 11.2. The molecule has 1 heterocycles. The molecule has 0 amide bonds. The third-order valence-electron chi connectivity index (χ3n) is 2.66. The fourth-order valence-corrected chi connectivity index (χ4v) is 2.49. The Bertz CT molecular complexity index is 342. The molecule has 5 heteroatoms. The Morgan fingerprint density at radius 3 is 2.55 bits per heavy atom. The van der Waals surface area contributed by atoms with Crippen LogP contribution in [-0.2, 0) is 27.4 Å². The number of methoxy groups -OCH3 is 1. The van der Waals surface area contributed by atoms with E-state index in [-0.39, 0.29) is 0 Å². The van der Waals surface area contributed by atoms with Gasteiger partial charge < -0.3 is 19.5 Å². The Kier molecular flexibility index (Phi) is 9.87. The lowest BCUT2D eigenvalue weighted by molar-refractivity contribution is 0.0488. The summed E-state index contributed by atoms with van der Waals surface area (Å²) in [6.07, 6.45) is 0.927. The lowest BCUT2D eigenvalue weighted by Gasteiger charge is -2.05. The van der Waals surface area contributed by atoms with E-state index in [2.05, 4.69) is 31.3 Å². The van der Waals surface area contributed by atoms with Crippen molar-refractivity contribution in [1.29, 1.82) is 0 Å². The fraction of sp³-hybridized carbons (Fsp3) is 0.733. The molecule has 116 valence electrons. The van der Waals surface area contributed by atoms with Crippen molar-refractivity contribution in [3.8, 4) is 0 Å². The lowest BCUT2D eigenvalue weighted by Crippen LogP contribution is -2.21. The Balaban J connectivity index is 2.01. The van der Waals surface area contributed by atoms with E-state index in [1.807, 2.05) is 11.3 Å². The molecule has 1 aromatic heterocycles. The van der Waals surface area contributed by atoms with Gasteiger partial charge in [-0.05, 0) is 18.6 Å². The molecule has 0 saturated heterocycles. The quantitative estimate of drug-likeness (QED) is 0.603. The van der Waals surface area contributed by atoms with Gasteiger partial charge in [-0.1, -0.05) is 13.8 Å². The van der Waals surface area contributed by atoms with Crippen LogP contribution in [0, 0.1) is 0 Å². The molecule has 0 radical (unpaired) electrons. The summed E-state index contributed by atoms with van der Waals surface area (Å²) in [7, 11) is 1.68. The first-order valence-corrected chi connectivity index (χ1v) is 7.99. The van der Waals surface area contributed by atoms with Crippen molar-refractivity contribution >= 4 is 11.3 Å². The first-order valence-electron chi connectivity index (χ1n) is 7.17. The van der Waals surface area contributed by atoms with Crippen molar-refractivity contribution in [2.24, 2.45) is 0 Å². The predicted molar refractivity (Wildman–Crippen MR) is 83.3 cm³/mol. The van der Waals surface area contributed by atoms with Crippen LogP contribution in [-0.4, -0.2) is 39.6 Å². The summed E-state index contributed by atoms with van der Waals surface area (Å²) in [4.78, 5) is 2.64. The standard InChI is InChI=1S/C15H27NO3S/c1-13(2)16-11-14-5-6-15(20-14)12-19-8-4-7-18-10-9-17-3/h5-6,13,16H,4,7-12H2,1-3H3. The maximum absolute atomic E-state index is 5.64. The summed E-state index contributed by atoms with van der Waals surface area (Å²) >= 11 is 1.81. The first-order chi connectivity index (χ1) is 9.72. The number of nitrogens with one attached hydrogen (secondary N) is 1. The van der Waals surface area contributed by atoms with Crippen LogP contribution in [0.1, 0.15) is 30.0 Å². The summed E-state index contributed by atoms with van der Waals surface area (Å²) in [5.74, 6) is 0. The average Bonchev–Trinajstić information content (AvgIpc) is 2.87. The van der Waals surface area contributed by atoms with Gasteiger partial charge in [0.15, 0.2) is 0 Å². The Hall–Kier alpha value is -0.460. The average molecular weight is 301 g/mol. The van der Waals surface area contributed by atoms with Crippen LogP contribution in [0.15, 0.2) is 12.1 Å². The summed E-state index contributed by atoms with van der Waals surface area (Å²) in [6, 6.07) is 4.85. The number of ether oxygens (including phenoxy) is 3. The number of hydrogen-bond acceptors (Lipinski definition) is 5. The van der Waals surface area contributed by atoms with Crippen molar-refractivity contribution in [2.45, 2.75) is 39.5 Å². The van der Waals surface area contributed by atoms with E-state index in [1.54, 1.807) is 7.11 Å². The van der Waals surface area contributed by atoms with E-state index in [1.165, 1.54) is 9.75 Å². The monoisotopic (exact) mass is 301 g/mol. The number of hydrogen-bond donors (Lipinski definition) is 1. The van der Waals surface area contributed by atoms with Crippen molar-refractivity contribution < 1.29 is 14.2 Å². The Labute approximate surface area is 126 Å². The number of thiophene rings is 1. The minimum absolute atomic E-state index is 0.523. The van der Waals surface area contributed by atoms with Crippen molar-refractivity contribution in [1.82, 2.24) is 5.32 Å². The van der Waals surface area contributed by atoms with Crippen LogP contribution in [0.25, 0.3) is 0 Å². The van der Waals surface area contributed by atoms with Gasteiger partial charge in [0.05, 0.1) is 19.8 Å². The topological polar surface area (TPSA) is 39.7 Å². The molecular formula is C15H27NO3S. The second-order valence-corrected chi connectivity index (χ2v) is 6.17. The molecular weight excluding hydrogens is 274 g/mol. The van der Waals surface area contributed by atoms with Gasteiger partial charge in [-0.15, -0.1) is 11.3 Å². The predicted octanol–water partition coefficient (Wildman–Crippen LogP) is 2.82. The van der Waals surface area contributed by atoms with Gasteiger partial charge in [0.2, 0.25) is 0 Å². The minimum atomic E-state index is 0.523. The molecule has 1 aromatic rings. The van der Waals surface area contributed by atoms with Gasteiger partial charge in [0, 0.05) is 42.7 Å². The zero-order valence-corrected chi connectivity index (χ0v) is 13.6. The zero-order chi connectivity index (χ0) is 14.6. The van der Waals surface area contributed by atoms with E-state index < -0.39 is 0 Å². The van der Waals surface area contributed by atoms with Crippen LogP contribution in [0.3, 0.4) is 0 Å². The van der Waals surface area contributed by atoms with Crippen molar-refractivity contribution in [3.05, 3.63) is 21.9 Å². The van der Waals surface area contributed by atoms with Crippen LogP contribution >= 0.6 is 11.3 Å². The van der Waals surface area contributed by atoms with Crippen molar-refractivity contribution in [2.75, 3.05) is 33.5 Å². The summed E-state index contributed by atoms with van der Waals surface area (Å²) in [5.41, 5.74) is 0. The second-order valence-electron chi connectivity index (χ2n) is 4.91. The fourth-order valence-electron chi connectivity index (χ4n) is 1.58. The molecule has 0 unspecified atom stereocenters. The molecule has 20 heavy (non-hydrogen) atoms. The van der Waals surface area contributed by atoms with E-state index in [4.69, 9.17) is 14.2 Å². The molecule has 0 aliphatic heterocycles. The Morgan fingerprint density at radius 1 is 1.05 bits per heavy atom. The van der Waals surface area contributed by atoms with Gasteiger partial charge in [-0.2, -0.15) is 0 Å². The Morgan fingerprint density at radius 2 is 1.80 bits per heavy atom. The highest BCUT2D eigenvalue weighted by Gasteiger charge is 2.01. The first kappa shape index (κ1) is 17.6. The van der Waals surface area contributed by atoms with E-state index in [0.717, 1.165) is 26.2 Å². The van der Waals surface area contributed by atoms with Crippen LogP contribution in [0.4, 0.5) is 0 Å². The maximum Gasteiger partial charge on any atom is 0.0809 e. The largest absolute Gasteiger partial charge is 0.382 e. The van der Waals surface area contributed by atoms with Crippen molar-refractivity contribution in [3.63, 3.8) is 0 Å². The smallest absolute Gasteiger partial charge is 0.0809 e. The number of rotatable bonds is 12. The van der Waals surface area contributed by atoms with Gasteiger partial charge >= 0.3 is 0 Å².